The number of fused-ring (bicyclic) bond motifs is 1. The maximum atomic E-state index is 5.47. The average Bonchev–Trinajstić information content (AvgIpc) is 3.35. The number of aryl methyl sites for hydroxylation is 1. The van der Waals surface area contributed by atoms with Crippen molar-refractivity contribution in [2.75, 3.05) is 7.11 Å². The third kappa shape index (κ3) is 4.15. The molecule has 0 amide bonds. The molecule has 2 aliphatic rings. The van der Waals surface area contributed by atoms with Crippen molar-refractivity contribution in [1.82, 2.24) is 0 Å². The van der Waals surface area contributed by atoms with Crippen LogP contribution < -0.4 is 4.74 Å². The summed E-state index contributed by atoms with van der Waals surface area (Å²) in [6.45, 7) is 2.17. The minimum absolute atomic E-state index is 0.182. The predicted molar refractivity (Wildman–Crippen MR) is 131 cm³/mol. The zero-order valence-electron chi connectivity index (χ0n) is 18.6. The van der Waals surface area contributed by atoms with E-state index in [1.54, 1.807) is 7.11 Å². The van der Waals surface area contributed by atoms with Gasteiger partial charge in [0.15, 0.2) is 0 Å². The van der Waals surface area contributed by atoms with E-state index in [9.17, 15) is 0 Å². The lowest BCUT2D eigenvalue weighted by molar-refractivity contribution is 0.405. The van der Waals surface area contributed by atoms with Gasteiger partial charge in [-0.05, 0) is 73.4 Å². The van der Waals surface area contributed by atoms with Crippen LogP contribution in [0, 0.1) is 18.8 Å². The van der Waals surface area contributed by atoms with Gasteiger partial charge >= 0.3 is 0 Å². The Bertz CT molecular complexity index is 995. The van der Waals surface area contributed by atoms with Crippen molar-refractivity contribution in [2.24, 2.45) is 11.8 Å². The fraction of sp³-hybridized carbons (Fsp3) is 0.379. The topological polar surface area (TPSA) is 9.23 Å². The van der Waals surface area contributed by atoms with Crippen LogP contribution in [-0.2, 0) is 6.42 Å². The summed E-state index contributed by atoms with van der Waals surface area (Å²) >= 11 is 2.14. The Balaban J connectivity index is 1.59. The smallest absolute Gasteiger partial charge is 0.118 e. The maximum absolute atomic E-state index is 5.47. The van der Waals surface area contributed by atoms with Crippen LogP contribution in [0.25, 0.3) is 0 Å². The van der Waals surface area contributed by atoms with Gasteiger partial charge in [-0.2, -0.15) is 0 Å². The SMILES string of the molecule is COc1ccc([C@H]2[C@@H]3CCC[C@@H]3C[C@]2(Cc2ccccc2)Sc2ccc(C)cc2)cc1. The van der Waals surface area contributed by atoms with Gasteiger partial charge in [-0.25, -0.2) is 0 Å². The van der Waals surface area contributed by atoms with Crippen molar-refractivity contribution < 1.29 is 4.74 Å². The largest absolute Gasteiger partial charge is 0.497 e. The first kappa shape index (κ1) is 20.7. The van der Waals surface area contributed by atoms with Crippen LogP contribution >= 0.6 is 11.8 Å². The molecule has 0 heterocycles. The molecule has 0 spiro atoms. The summed E-state index contributed by atoms with van der Waals surface area (Å²) in [6.07, 6.45) is 6.57. The Morgan fingerprint density at radius 2 is 1.65 bits per heavy atom. The lowest BCUT2D eigenvalue weighted by Crippen LogP contribution is -2.33. The first-order chi connectivity index (χ1) is 15.2. The number of benzene rings is 3. The number of methoxy groups -OCH3 is 1. The molecule has 160 valence electrons. The number of thioether (sulfide) groups is 1. The fourth-order valence-electron chi connectivity index (χ4n) is 6.19. The quantitative estimate of drug-likeness (QED) is 0.398. The minimum Gasteiger partial charge on any atom is -0.497 e. The summed E-state index contributed by atoms with van der Waals surface area (Å²) in [7, 11) is 1.75. The second kappa shape index (κ2) is 8.74. The molecule has 31 heavy (non-hydrogen) atoms. The van der Waals surface area contributed by atoms with Crippen LogP contribution in [0.5, 0.6) is 5.75 Å². The van der Waals surface area contributed by atoms with Crippen molar-refractivity contribution in [1.29, 1.82) is 0 Å². The summed E-state index contributed by atoms with van der Waals surface area (Å²) in [4.78, 5) is 1.40. The molecule has 2 saturated carbocycles. The Morgan fingerprint density at radius 1 is 0.903 bits per heavy atom. The van der Waals surface area contributed by atoms with Crippen LogP contribution in [0.2, 0.25) is 0 Å². The van der Waals surface area contributed by atoms with Gasteiger partial charge in [-0.3, -0.25) is 0 Å². The summed E-state index contributed by atoms with van der Waals surface area (Å²) in [5, 5.41) is 0. The standard InChI is InChI=1S/C29H32OS/c1-21-11-17-26(18-12-21)31-29(19-22-7-4-3-5-8-22)20-24-9-6-10-27(24)28(29)23-13-15-25(30-2)16-14-23/h3-5,7-8,11-18,24,27-28H,6,9-10,19-20H2,1-2H3/t24-,27-,28+,29+/m1/s1. The second-order valence-electron chi connectivity index (χ2n) is 9.45. The lowest BCUT2D eigenvalue weighted by atomic mass is 9.79. The van der Waals surface area contributed by atoms with Gasteiger partial charge in [0.25, 0.3) is 0 Å². The molecule has 0 aliphatic heterocycles. The Morgan fingerprint density at radius 3 is 2.35 bits per heavy atom. The summed E-state index contributed by atoms with van der Waals surface area (Å²) in [5.41, 5.74) is 4.28. The van der Waals surface area contributed by atoms with Crippen molar-refractivity contribution in [3.63, 3.8) is 0 Å². The zero-order valence-corrected chi connectivity index (χ0v) is 19.4. The maximum Gasteiger partial charge on any atom is 0.118 e. The Labute approximate surface area is 191 Å². The number of hydrogen-bond donors (Lipinski definition) is 0. The third-order valence-corrected chi connectivity index (χ3v) is 8.96. The molecule has 0 bridgehead atoms. The van der Waals surface area contributed by atoms with Gasteiger partial charge in [-0.1, -0.05) is 73.0 Å². The molecule has 5 rings (SSSR count). The number of ether oxygens (including phenoxy) is 1. The summed E-state index contributed by atoms with van der Waals surface area (Å²) < 4.78 is 5.65. The second-order valence-corrected chi connectivity index (χ2v) is 10.9. The van der Waals surface area contributed by atoms with Crippen molar-refractivity contribution in [3.8, 4) is 5.75 Å². The van der Waals surface area contributed by atoms with E-state index >= 15 is 0 Å². The highest BCUT2D eigenvalue weighted by Gasteiger charge is 2.55. The monoisotopic (exact) mass is 428 g/mol. The van der Waals surface area contributed by atoms with Crippen LogP contribution in [-0.4, -0.2) is 11.9 Å². The molecule has 2 heteroatoms. The molecule has 2 fully saturated rings. The van der Waals surface area contributed by atoms with E-state index in [0.717, 1.165) is 24.0 Å². The van der Waals surface area contributed by atoms with Crippen molar-refractivity contribution >= 4 is 11.8 Å². The Hall–Kier alpha value is -2.19. The van der Waals surface area contributed by atoms with Crippen molar-refractivity contribution in [3.05, 3.63) is 95.6 Å². The van der Waals surface area contributed by atoms with E-state index in [0.29, 0.717) is 5.92 Å². The molecule has 1 nitrogen and oxygen atoms in total. The van der Waals surface area contributed by atoms with E-state index in [1.165, 1.54) is 47.3 Å². The normalized spacial score (nSPS) is 27.2. The van der Waals surface area contributed by atoms with Gasteiger partial charge in [0.2, 0.25) is 0 Å². The molecule has 2 aliphatic carbocycles. The molecular formula is C29H32OS. The molecule has 3 aromatic carbocycles. The number of rotatable bonds is 6. The third-order valence-electron chi connectivity index (χ3n) is 7.48. The highest BCUT2D eigenvalue weighted by Crippen LogP contribution is 2.64. The van der Waals surface area contributed by atoms with Crippen LogP contribution in [0.1, 0.15) is 48.3 Å². The van der Waals surface area contributed by atoms with Gasteiger partial charge in [-0.15, -0.1) is 11.8 Å². The van der Waals surface area contributed by atoms with E-state index < -0.39 is 0 Å². The van der Waals surface area contributed by atoms with E-state index in [1.807, 2.05) is 0 Å². The van der Waals surface area contributed by atoms with E-state index in [-0.39, 0.29) is 4.75 Å². The molecule has 0 aromatic heterocycles. The van der Waals surface area contributed by atoms with Crippen LogP contribution in [0.3, 0.4) is 0 Å². The van der Waals surface area contributed by atoms with Gasteiger partial charge < -0.3 is 4.74 Å². The lowest BCUT2D eigenvalue weighted by Gasteiger charge is -2.38. The molecule has 0 unspecified atom stereocenters. The first-order valence-corrected chi connectivity index (χ1v) is 12.4. The van der Waals surface area contributed by atoms with E-state index in [4.69, 9.17) is 4.74 Å². The fourth-order valence-corrected chi connectivity index (χ4v) is 7.90. The predicted octanol–water partition coefficient (Wildman–Crippen LogP) is 7.68. The molecular weight excluding hydrogens is 396 g/mol. The first-order valence-electron chi connectivity index (χ1n) is 11.6. The van der Waals surface area contributed by atoms with Crippen LogP contribution in [0.15, 0.2) is 83.8 Å². The van der Waals surface area contributed by atoms with Gasteiger partial charge in [0.1, 0.15) is 5.75 Å². The van der Waals surface area contributed by atoms with Gasteiger partial charge in [0.05, 0.1) is 7.11 Å². The number of hydrogen-bond acceptors (Lipinski definition) is 2. The van der Waals surface area contributed by atoms with Crippen LogP contribution in [0.4, 0.5) is 0 Å². The average molecular weight is 429 g/mol. The molecule has 0 radical (unpaired) electrons. The molecule has 0 saturated heterocycles. The molecule has 3 aromatic rings. The Kier molecular flexibility index (Phi) is 5.84. The van der Waals surface area contributed by atoms with Crippen molar-refractivity contribution in [2.45, 2.75) is 54.6 Å². The highest BCUT2D eigenvalue weighted by molar-refractivity contribution is 8.00. The summed E-state index contributed by atoms with van der Waals surface area (Å²) in [6, 6.07) is 29.3. The molecule has 4 atom stereocenters. The van der Waals surface area contributed by atoms with Gasteiger partial charge in [0, 0.05) is 15.6 Å². The zero-order chi connectivity index (χ0) is 21.3. The highest BCUT2D eigenvalue weighted by atomic mass is 32.2. The minimum atomic E-state index is 0.182. The summed E-state index contributed by atoms with van der Waals surface area (Å²) in [5.74, 6) is 3.14. The molecule has 0 N–H and O–H groups in total. The van der Waals surface area contributed by atoms with E-state index in [2.05, 4.69) is 97.5 Å².